The fourth-order valence-corrected chi connectivity index (χ4v) is 4.16. The number of hydrogen-bond acceptors (Lipinski definition) is 5. The monoisotopic (exact) mass is 434 g/mol. The highest BCUT2D eigenvalue weighted by Gasteiger charge is 2.42. The fourth-order valence-electron chi connectivity index (χ4n) is 4.16. The summed E-state index contributed by atoms with van der Waals surface area (Å²) in [6, 6.07) is 7.94. The molecule has 0 saturated carbocycles. The Bertz CT molecular complexity index is 1080. The average molecular weight is 434 g/mol. The molecule has 4 rings (SSSR count). The van der Waals surface area contributed by atoms with Gasteiger partial charge >= 0.3 is 0 Å². The van der Waals surface area contributed by atoms with Crippen LogP contribution in [-0.2, 0) is 0 Å². The van der Waals surface area contributed by atoms with E-state index in [1.165, 1.54) is 11.0 Å². The van der Waals surface area contributed by atoms with Gasteiger partial charge in [0.1, 0.15) is 0 Å². The van der Waals surface area contributed by atoms with Gasteiger partial charge in [0.2, 0.25) is 0 Å². The first-order valence-electron chi connectivity index (χ1n) is 10.7. The lowest BCUT2D eigenvalue weighted by atomic mass is 10.0. The summed E-state index contributed by atoms with van der Waals surface area (Å²) in [4.78, 5) is 57.7. The third kappa shape index (κ3) is 4.00. The fraction of sp³-hybridized carbons (Fsp3) is 0.375. The molecule has 0 unspecified atom stereocenters. The molecule has 1 saturated heterocycles. The molecule has 2 aliphatic heterocycles. The third-order valence-corrected chi connectivity index (χ3v) is 5.86. The Morgan fingerprint density at radius 2 is 1.56 bits per heavy atom. The van der Waals surface area contributed by atoms with Crippen molar-refractivity contribution in [2.45, 2.75) is 45.2 Å². The van der Waals surface area contributed by atoms with E-state index in [0.29, 0.717) is 42.6 Å². The largest absolute Gasteiger partial charge is 0.349 e. The number of aromatic nitrogens is 1. The van der Waals surface area contributed by atoms with Crippen LogP contribution in [0, 0.1) is 0 Å². The number of piperidine rings is 1. The van der Waals surface area contributed by atoms with Crippen molar-refractivity contribution in [2.24, 2.45) is 0 Å². The van der Waals surface area contributed by atoms with E-state index in [1.54, 1.807) is 62.3 Å². The predicted molar refractivity (Wildman–Crippen MR) is 117 cm³/mol. The van der Waals surface area contributed by atoms with Crippen LogP contribution >= 0.6 is 0 Å². The summed E-state index contributed by atoms with van der Waals surface area (Å²) in [5.41, 5.74) is 0.886. The van der Waals surface area contributed by atoms with Crippen molar-refractivity contribution in [1.29, 1.82) is 0 Å². The number of hydrogen-bond donors (Lipinski definition) is 1. The van der Waals surface area contributed by atoms with Crippen LogP contribution in [-0.4, -0.2) is 63.1 Å². The summed E-state index contributed by atoms with van der Waals surface area (Å²) in [5.74, 6) is -1.05. The molecular formula is C24H26N4O4. The highest BCUT2D eigenvalue weighted by atomic mass is 16.2. The summed E-state index contributed by atoms with van der Waals surface area (Å²) in [6.45, 7) is 6.49. The van der Waals surface area contributed by atoms with Gasteiger partial charge in [-0.05, 0) is 63.9 Å². The first kappa shape index (κ1) is 21.7. The standard InChI is InChI=1S/C24H26N4O4/c1-24(2,3)28-22(31)18-5-4-16(14-19(18)23(28)32)20(29)26-17-8-12-27(13-9-17)21(30)15-6-10-25-11-7-15/h4-7,10-11,14,17H,8-9,12-13H2,1-3H3,(H,26,29). The number of carbonyl (C=O) groups excluding carboxylic acids is 4. The zero-order chi connectivity index (χ0) is 23.0. The van der Waals surface area contributed by atoms with Crippen LogP contribution in [0.1, 0.15) is 75.0 Å². The minimum Gasteiger partial charge on any atom is -0.349 e. The molecule has 32 heavy (non-hydrogen) atoms. The Kier molecular flexibility index (Phi) is 5.54. The summed E-state index contributed by atoms with van der Waals surface area (Å²) in [7, 11) is 0. The molecule has 8 heteroatoms. The van der Waals surface area contributed by atoms with Crippen LogP contribution in [0.3, 0.4) is 0 Å². The molecule has 1 aromatic heterocycles. The maximum absolute atomic E-state index is 12.8. The number of pyridine rings is 1. The molecule has 0 spiro atoms. The Morgan fingerprint density at radius 3 is 2.19 bits per heavy atom. The van der Waals surface area contributed by atoms with E-state index in [4.69, 9.17) is 0 Å². The van der Waals surface area contributed by atoms with Gasteiger partial charge in [-0.1, -0.05) is 0 Å². The van der Waals surface area contributed by atoms with Crippen molar-refractivity contribution in [1.82, 2.24) is 20.1 Å². The van der Waals surface area contributed by atoms with E-state index in [9.17, 15) is 19.2 Å². The minimum atomic E-state index is -0.642. The van der Waals surface area contributed by atoms with Crippen LogP contribution in [0.15, 0.2) is 42.7 Å². The molecule has 0 bridgehead atoms. The Morgan fingerprint density at radius 1 is 0.938 bits per heavy atom. The van der Waals surface area contributed by atoms with Gasteiger partial charge in [0.05, 0.1) is 11.1 Å². The summed E-state index contributed by atoms with van der Waals surface area (Å²) < 4.78 is 0. The zero-order valence-electron chi connectivity index (χ0n) is 18.4. The minimum absolute atomic E-state index is 0.0395. The van der Waals surface area contributed by atoms with Gasteiger partial charge in [0, 0.05) is 48.2 Å². The van der Waals surface area contributed by atoms with Gasteiger partial charge in [-0.2, -0.15) is 0 Å². The number of fused-ring (bicyclic) bond motifs is 1. The van der Waals surface area contributed by atoms with Crippen LogP contribution in [0.2, 0.25) is 0 Å². The van der Waals surface area contributed by atoms with E-state index >= 15 is 0 Å². The predicted octanol–water partition coefficient (Wildman–Crippen LogP) is 2.51. The molecule has 1 fully saturated rings. The molecule has 2 aliphatic rings. The first-order chi connectivity index (χ1) is 15.2. The van der Waals surface area contributed by atoms with Gasteiger partial charge < -0.3 is 10.2 Å². The Balaban J connectivity index is 1.39. The number of nitrogens with one attached hydrogen (secondary N) is 1. The first-order valence-corrected chi connectivity index (χ1v) is 10.7. The maximum Gasteiger partial charge on any atom is 0.262 e. The van der Waals surface area contributed by atoms with Crippen LogP contribution in [0.5, 0.6) is 0 Å². The van der Waals surface area contributed by atoms with Crippen molar-refractivity contribution < 1.29 is 19.2 Å². The van der Waals surface area contributed by atoms with E-state index in [-0.39, 0.29) is 35.2 Å². The third-order valence-electron chi connectivity index (χ3n) is 5.86. The van der Waals surface area contributed by atoms with E-state index < -0.39 is 5.54 Å². The molecule has 0 aliphatic carbocycles. The normalized spacial score (nSPS) is 16.8. The zero-order valence-corrected chi connectivity index (χ0v) is 18.4. The SMILES string of the molecule is CC(C)(C)N1C(=O)c2ccc(C(=O)NC3CCN(C(=O)c4ccncc4)CC3)cc2C1=O. The second-order valence-electron chi connectivity index (χ2n) is 9.15. The number of benzene rings is 1. The molecular weight excluding hydrogens is 408 g/mol. The molecule has 3 heterocycles. The lowest BCUT2D eigenvalue weighted by Gasteiger charge is -2.32. The average Bonchev–Trinajstić information content (AvgIpc) is 3.04. The second kappa shape index (κ2) is 8.18. The molecule has 0 atom stereocenters. The Hall–Kier alpha value is -3.55. The number of amides is 4. The lowest BCUT2D eigenvalue weighted by molar-refractivity contribution is 0.0507. The van der Waals surface area contributed by atoms with Crippen molar-refractivity contribution in [3.05, 3.63) is 65.0 Å². The maximum atomic E-state index is 12.8. The van der Waals surface area contributed by atoms with Crippen LogP contribution in [0.4, 0.5) is 0 Å². The number of imide groups is 1. The van der Waals surface area contributed by atoms with Crippen molar-refractivity contribution in [2.75, 3.05) is 13.1 Å². The van der Waals surface area contributed by atoms with Gasteiger partial charge in [-0.3, -0.25) is 29.1 Å². The summed E-state index contributed by atoms with van der Waals surface area (Å²) in [6.07, 6.45) is 4.47. The summed E-state index contributed by atoms with van der Waals surface area (Å²) >= 11 is 0. The Labute approximate surface area is 186 Å². The summed E-state index contributed by atoms with van der Waals surface area (Å²) in [5, 5.41) is 3.00. The van der Waals surface area contributed by atoms with Crippen molar-refractivity contribution >= 4 is 23.6 Å². The van der Waals surface area contributed by atoms with Gasteiger partial charge in [0.25, 0.3) is 23.6 Å². The highest BCUT2D eigenvalue weighted by molar-refractivity contribution is 6.22. The molecule has 166 valence electrons. The lowest BCUT2D eigenvalue weighted by Crippen LogP contribution is -2.46. The molecule has 1 aromatic carbocycles. The van der Waals surface area contributed by atoms with Crippen molar-refractivity contribution in [3.8, 4) is 0 Å². The smallest absolute Gasteiger partial charge is 0.262 e. The molecule has 4 amide bonds. The van der Waals surface area contributed by atoms with Crippen molar-refractivity contribution in [3.63, 3.8) is 0 Å². The number of rotatable bonds is 3. The number of carbonyl (C=O) groups is 4. The van der Waals surface area contributed by atoms with Crippen LogP contribution in [0.25, 0.3) is 0 Å². The second-order valence-corrected chi connectivity index (χ2v) is 9.15. The molecule has 8 nitrogen and oxygen atoms in total. The topological polar surface area (TPSA) is 99.7 Å². The van der Waals surface area contributed by atoms with E-state index in [2.05, 4.69) is 10.3 Å². The number of likely N-dealkylation sites (tertiary alicyclic amines) is 1. The quantitative estimate of drug-likeness (QED) is 0.749. The highest BCUT2D eigenvalue weighted by Crippen LogP contribution is 2.30. The van der Waals surface area contributed by atoms with Crippen LogP contribution < -0.4 is 5.32 Å². The molecule has 1 N–H and O–H groups in total. The van der Waals surface area contributed by atoms with E-state index in [0.717, 1.165) is 0 Å². The molecule has 2 aromatic rings. The molecule has 0 radical (unpaired) electrons. The van der Waals surface area contributed by atoms with Gasteiger partial charge in [0.15, 0.2) is 0 Å². The number of nitrogens with zero attached hydrogens (tertiary/aromatic N) is 3. The van der Waals surface area contributed by atoms with Gasteiger partial charge in [-0.15, -0.1) is 0 Å². The van der Waals surface area contributed by atoms with E-state index in [1.807, 2.05) is 0 Å². The van der Waals surface area contributed by atoms with Gasteiger partial charge in [-0.25, -0.2) is 0 Å².